The molecule has 2 N–H and O–H groups in total. The van der Waals surface area contributed by atoms with Crippen LogP contribution >= 0.6 is 0 Å². The Morgan fingerprint density at radius 2 is 1.93 bits per heavy atom. The summed E-state index contributed by atoms with van der Waals surface area (Å²) < 4.78 is 7.95. The van der Waals surface area contributed by atoms with E-state index in [1.54, 1.807) is 0 Å². The molecule has 2 unspecified atom stereocenters. The van der Waals surface area contributed by atoms with Gasteiger partial charge in [-0.2, -0.15) is 5.10 Å². The van der Waals surface area contributed by atoms with Crippen LogP contribution in [0.4, 0.5) is 0 Å². The van der Waals surface area contributed by atoms with Gasteiger partial charge in [-0.1, -0.05) is 0 Å². The number of ether oxygens (including phenoxy) is 1. The first-order valence-corrected chi connectivity index (χ1v) is 10.6. The summed E-state index contributed by atoms with van der Waals surface area (Å²) in [6, 6.07) is 2.12. The Kier molecular flexibility index (Phi) is 8.31. The summed E-state index contributed by atoms with van der Waals surface area (Å²) in [4.78, 5) is 7.37. The molecule has 1 aromatic rings. The lowest BCUT2D eigenvalue weighted by Gasteiger charge is -2.44. The topological polar surface area (TPSA) is 66.7 Å². The summed E-state index contributed by atoms with van der Waals surface area (Å²) in [6.07, 6.45) is 1.55. The van der Waals surface area contributed by atoms with Gasteiger partial charge < -0.3 is 15.4 Å². The zero-order valence-corrected chi connectivity index (χ0v) is 18.9. The van der Waals surface area contributed by atoms with Crippen molar-refractivity contribution < 1.29 is 4.74 Å². The van der Waals surface area contributed by atoms with E-state index in [-0.39, 0.29) is 17.7 Å². The molecule has 0 aromatic carbocycles. The number of hydrogen-bond acceptors (Lipinski definition) is 4. The van der Waals surface area contributed by atoms with E-state index in [0.717, 1.165) is 57.3 Å². The number of hydrogen-bond donors (Lipinski definition) is 2. The number of nitrogens with zero attached hydrogens (tertiary/aromatic N) is 4. The molecule has 1 fully saturated rings. The fourth-order valence-corrected chi connectivity index (χ4v) is 3.72. The predicted octanol–water partition coefficient (Wildman–Crippen LogP) is 2.33. The van der Waals surface area contributed by atoms with Crippen molar-refractivity contribution in [2.75, 3.05) is 32.7 Å². The van der Waals surface area contributed by atoms with Gasteiger partial charge in [0.2, 0.25) is 0 Å². The van der Waals surface area contributed by atoms with Crippen molar-refractivity contribution in [2.24, 2.45) is 4.99 Å². The van der Waals surface area contributed by atoms with Crippen LogP contribution < -0.4 is 10.6 Å². The Morgan fingerprint density at radius 1 is 1.25 bits per heavy atom. The zero-order chi connectivity index (χ0) is 20.7. The van der Waals surface area contributed by atoms with E-state index in [0.29, 0.717) is 0 Å². The second kappa shape index (κ2) is 10.3. The molecule has 0 radical (unpaired) electrons. The first-order chi connectivity index (χ1) is 13.2. The third-order valence-electron chi connectivity index (χ3n) is 5.19. The van der Waals surface area contributed by atoms with Crippen molar-refractivity contribution in [3.8, 4) is 0 Å². The molecule has 160 valence electrons. The highest BCUT2D eigenvalue weighted by atomic mass is 16.5. The van der Waals surface area contributed by atoms with Crippen molar-refractivity contribution in [3.63, 3.8) is 0 Å². The number of aryl methyl sites for hydroxylation is 3. The SMILES string of the molecule is CCNC(=NCC(C)(C)N1CC(C)OC(C)C1)NCCCn1nc(C)cc1C. The number of guanidine groups is 1. The highest BCUT2D eigenvalue weighted by Crippen LogP contribution is 2.21. The summed E-state index contributed by atoms with van der Waals surface area (Å²) in [5.41, 5.74) is 2.29. The van der Waals surface area contributed by atoms with Gasteiger partial charge in [-0.15, -0.1) is 0 Å². The van der Waals surface area contributed by atoms with Gasteiger partial charge in [0, 0.05) is 44.0 Å². The number of aromatic nitrogens is 2. The molecule has 2 atom stereocenters. The Bertz CT molecular complexity index is 629. The molecule has 2 heterocycles. The minimum atomic E-state index is -0.00164. The monoisotopic (exact) mass is 392 g/mol. The van der Waals surface area contributed by atoms with Gasteiger partial charge in [-0.05, 0) is 61.0 Å². The molecule has 0 spiro atoms. The van der Waals surface area contributed by atoms with Gasteiger partial charge in [0.1, 0.15) is 0 Å². The minimum absolute atomic E-state index is 0.00164. The van der Waals surface area contributed by atoms with E-state index in [9.17, 15) is 0 Å². The summed E-state index contributed by atoms with van der Waals surface area (Å²) in [6.45, 7) is 20.4. The summed E-state index contributed by atoms with van der Waals surface area (Å²) >= 11 is 0. The number of nitrogens with one attached hydrogen (secondary N) is 2. The van der Waals surface area contributed by atoms with E-state index in [1.807, 2.05) is 6.92 Å². The molecule has 7 nitrogen and oxygen atoms in total. The van der Waals surface area contributed by atoms with E-state index in [2.05, 4.69) is 72.9 Å². The van der Waals surface area contributed by atoms with Crippen LogP contribution in [0.1, 0.15) is 52.4 Å². The lowest BCUT2D eigenvalue weighted by molar-refractivity contribution is -0.0939. The molecule has 28 heavy (non-hydrogen) atoms. The minimum Gasteiger partial charge on any atom is -0.373 e. The van der Waals surface area contributed by atoms with Crippen LogP contribution in [0.3, 0.4) is 0 Å². The molecule has 7 heteroatoms. The third kappa shape index (κ3) is 6.78. The van der Waals surface area contributed by atoms with Crippen molar-refractivity contribution in [3.05, 3.63) is 17.5 Å². The van der Waals surface area contributed by atoms with E-state index in [1.165, 1.54) is 5.69 Å². The van der Waals surface area contributed by atoms with Gasteiger partial charge in [0.15, 0.2) is 5.96 Å². The van der Waals surface area contributed by atoms with Gasteiger partial charge in [-0.25, -0.2) is 0 Å². The van der Waals surface area contributed by atoms with Gasteiger partial charge in [0.05, 0.1) is 24.4 Å². The normalized spacial score (nSPS) is 21.8. The number of morpholine rings is 1. The molecule has 1 aromatic heterocycles. The average Bonchev–Trinajstić information content (AvgIpc) is 2.93. The standard InChI is InChI=1S/C21H40N6O/c1-8-22-20(23-10-9-11-27-17(3)12-16(2)25-27)24-15-21(6,7)26-13-18(4)28-19(5)14-26/h12,18-19H,8-11,13-15H2,1-7H3,(H2,22,23,24). The smallest absolute Gasteiger partial charge is 0.191 e. The third-order valence-corrected chi connectivity index (χ3v) is 5.19. The van der Waals surface area contributed by atoms with Gasteiger partial charge >= 0.3 is 0 Å². The molecule has 1 saturated heterocycles. The fraction of sp³-hybridized carbons (Fsp3) is 0.810. The molecule has 0 saturated carbocycles. The van der Waals surface area contributed by atoms with Gasteiger partial charge in [0.25, 0.3) is 0 Å². The second-order valence-corrected chi connectivity index (χ2v) is 8.60. The zero-order valence-electron chi connectivity index (χ0n) is 18.9. The maximum Gasteiger partial charge on any atom is 0.191 e. The molecule has 1 aliphatic heterocycles. The molecule has 0 bridgehead atoms. The first-order valence-electron chi connectivity index (χ1n) is 10.6. The second-order valence-electron chi connectivity index (χ2n) is 8.60. The Hall–Kier alpha value is -1.60. The molecule has 0 amide bonds. The van der Waals surface area contributed by atoms with Crippen LogP contribution in [0.15, 0.2) is 11.1 Å². The first kappa shape index (κ1) is 22.7. The van der Waals surface area contributed by atoms with Gasteiger partial charge in [-0.3, -0.25) is 14.6 Å². The highest BCUT2D eigenvalue weighted by molar-refractivity contribution is 5.79. The van der Waals surface area contributed by atoms with Crippen molar-refractivity contribution in [1.29, 1.82) is 0 Å². The number of rotatable bonds is 8. The van der Waals surface area contributed by atoms with E-state index < -0.39 is 0 Å². The summed E-state index contributed by atoms with van der Waals surface area (Å²) in [7, 11) is 0. The Morgan fingerprint density at radius 3 is 2.50 bits per heavy atom. The van der Waals surface area contributed by atoms with Crippen molar-refractivity contribution in [1.82, 2.24) is 25.3 Å². The predicted molar refractivity (Wildman–Crippen MR) is 116 cm³/mol. The van der Waals surface area contributed by atoms with Crippen LogP contribution in [0.25, 0.3) is 0 Å². The molecular formula is C21H40N6O. The maximum absolute atomic E-state index is 5.88. The summed E-state index contributed by atoms with van der Waals surface area (Å²) in [5.74, 6) is 0.887. The quantitative estimate of drug-likeness (QED) is 0.404. The van der Waals surface area contributed by atoms with Crippen LogP contribution in [0.5, 0.6) is 0 Å². The number of aliphatic imine (C=N–C) groups is 1. The van der Waals surface area contributed by atoms with Crippen molar-refractivity contribution in [2.45, 2.75) is 79.2 Å². The van der Waals surface area contributed by atoms with E-state index in [4.69, 9.17) is 9.73 Å². The summed E-state index contributed by atoms with van der Waals surface area (Å²) in [5, 5.41) is 11.4. The molecule has 1 aliphatic rings. The van der Waals surface area contributed by atoms with E-state index >= 15 is 0 Å². The average molecular weight is 393 g/mol. The molecule has 2 rings (SSSR count). The lowest BCUT2D eigenvalue weighted by Crippen LogP contribution is -2.56. The van der Waals surface area contributed by atoms with Crippen LogP contribution in [-0.4, -0.2) is 71.1 Å². The van der Waals surface area contributed by atoms with Crippen LogP contribution in [-0.2, 0) is 11.3 Å². The van der Waals surface area contributed by atoms with Crippen LogP contribution in [0.2, 0.25) is 0 Å². The highest BCUT2D eigenvalue weighted by Gasteiger charge is 2.33. The Balaban J connectivity index is 1.85. The maximum atomic E-state index is 5.88. The fourth-order valence-electron chi connectivity index (χ4n) is 3.72. The molecule has 0 aliphatic carbocycles. The lowest BCUT2D eigenvalue weighted by atomic mass is 10.0. The van der Waals surface area contributed by atoms with Crippen LogP contribution in [0, 0.1) is 13.8 Å². The Labute approximate surface area is 170 Å². The molecular weight excluding hydrogens is 352 g/mol. The largest absolute Gasteiger partial charge is 0.373 e. The van der Waals surface area contributed by atoms with Crippen molar-refractivity contribution >= 4 is 5.96 Å².